The van der Waals surface area contributed by atoms with E-state index in [2.05, 4.69) is 10.3 Å². The maximum absolute atomic E-state index is 11.8. The number of aromatic hydroxyl groups is 1. The van der Waals surface area contributed by atoms with Crippen LogP contribution in [0.25, 0.3) is 6.08 Å². The minimum atomic E-state index is -0.527. The predicted molar refractivity (Wildman–Crippen MR) is 72.4 cm³/mol. The second-order valence-corrected chi connectivity index (χ2v) is 4.45. The third kappa shape index (κ3) is 3.40. The van der Waals surface area contributed by atoms with Gasteiger partial charge in [-0.15, -0.1) is 11.3 Å². The summed E-state index contributed by atoms with van der Waals surface area (Å²) in [7, 11) is 0. The molecule has 0 saturated carbocycles. The number of aromatic nitrogens is 1. The fourth-order valence-electron chi connectivity index (χ4n) is 1.38. The van der Waals surface area contributed by atoms with Crippen LogP contribution in [0.15, 0.2) is 41.4 Å². The van der Waals surface area contributed by atoms with Crippen molar-refractivity contribution in [2.75, 3.05) is 5.32 Å². The Morgan fingerprint density at radius 3 is 3.00 bits per heavy atom. The molecule has 0 bridgehead atoms. The molecule has 2 N–H and O–H groups in total. The van der Waals surface area contributed by atoms with E-state index in [0.717, 1.165) is 0 Å². The van der Waals surface area contributed by atoms with Gasteiger partial charge in [0, 0.05) is 11.6 Å². The monoisotopic (exact) mass is 271 g/mol. The van der Waals surface area contributed by atoms with Gasteiger partial charge in [0.25, 0.3) is 5.91 Å². The number of carbonyl (C=O) groups excluding carboxylic acids is 1. The van der Waals surface area contributed by atoms with Crippen molar-refractivity contribution in [3.8, 4) is 11.8 Å². The van der Waals surface area contributed by atoms with Gasteiger partial charge in [-0.2, -0.15) is 5.26 Å². The van der Waals surface area contributed by atoms with E-state index >= 15 is 0 Å². The maximum atomic E-state index is 11.8. The largest absolute Gasteiger partial charge is 0.508 e. The smallest absolute Gasteiger partial charge is 0.268 e. The van der Waals surface area contributed by atoms with Crippen LogP contribution in [0.2, 0.25) is 0 Å². The molecule has 0 saturated heterocycles. The van der Waals surface area contributed by atoms with E-state index in [9.17, 15) is 9.90 Å². The number of anilines is 1. The zero-order valence-electron chi connectivity index (χ0n) is 9.70. The van der Waals surface area contributed by atoms with Gasteiger partial charge in [-0.1, -0.05) is 12.1 Å². The van der Waals surface area contributed by atoms with E-state index in [-0.39, 0.29) is 11.3 Å². The van der Waals surface area contributed by atoms with Crippen molar-refractivity contribution < 1.29 is 9.90 Å². The topological polar surface area (TPSA) is 86.0 Å². The maximum Gasteiger partial charge on any atom is 0.268 e. The van der Waals surface area contributed by atoms with Crippen LogP contribution in [-0.4, -0.2) is 16.0 Å². The van der Waals surface area contributed by atoms with Gasteiger partial charge < -0.3 is 5.11 Å². The number of nitrogens with zero attached hydrogens (tertiary/aromatic N) is 2. The molecule has 94 valence electrons. The van der Waals surface area contributed by atoms with Crippen LogP contribution in [0.4, 0.5) is 5.13 Å². The number of phenolic OH excluding ortho intramolecular Hbond substituents is 1. The number of nitriles is 1. The fraction of sp³-hybridized carbons (Fsp3) is 0. The Hall–Kier alpha value is -2.65. The third-order valence-electron chi connectivity index (χ3n) is 2.20. The molecule has 0 aliphatic carbocycles. The molecule has 5 nitrogen and oxygen atoms in total. The zero-order valence-corrected chi connectivity index (χ0v) is 10.5. The standard InChI is InChI=1S/C13H9N3O2S/c14-8-10(6-9-2-1-3-11(17)7-9)12(18)16-13-15-4-5-19-13/h1-7,17H,(H,15,16,18)/b10-6+. The molecule has 2 rings (SSSR count). The van der Waals surface area contributed by atoms with Crippen molar-refractivity contribution in [2.45, 2.75) is 0 Å². The molecule has 1 heterocycles. The van der Waals surface area contributed by atoms with Gasteiger partial charge in [0.1, 0.15) is 17.4 Å². The van der Waals surface area contributed by atoms with Crippen LogP contribution in [0.3, 0.4) is 0 Å². The molecule has 1 amide bonds. The van der Waals surface area contributed by atoms with Crippen molar-refractivity contribution in [3.63, 3.8) is 0 Å². The first-order valence-corrected chi connectivity index (χ1v) is 6.18. The minimum Gasteiger partial charge on any atom is -0.508 e. The highest BCUT2D eigenvalue weighted by molar-refractivity contribution is 7.13. The van der Waals surface area contributed by atoms with Gasteiger partial charge in [0.05, 0.1) is 0 Å². The molecule has 0 aliphatic heterocycles. The van der Waals surface area contributed by atoms with E-state index in [1.807, 2.05) is 6.07 Å². The summed E-state index contributed by atoms with van der Waals surface area (Å²) in [6, 6.07) is 8.13. The van der Waals surface area contributed by atoms with Gasteiger partial charge in [-0.25, -0.2) is 4.98 Å². The lowest BCUT2D eigenvalue weighted by atomic mass is 10.1. The summed E-state index contributed by atoms with van der Waals surface area (Å²) in [5, 5.41) is 23.0. The van der Waals surface area contributed by atoms with Crippen LogP contribution in [-0.2, 0) is 4.79 Å². The van der Waals surface area contributed by atoms with Gasteiger partial charge in [-0.3, -0.25) is 10.1 Å². The fourth-order valence-corrected chi connectivity index (χ4v) is 1.90. The summed E-state index contributed by atoms with van der Waals surface area (Å²) >= 11 is 1.27. The first-order valence-electron chi connectivity index (χ1n) is 5.31. The molecule has 19 heavy (non-hydrogen) atoms. The molecule has 0 radical (unpaired) electrons. The van der Waals surface area contributed by atoms with Crippen LogP contribution < -0.4 is 5.32 Å². The van der Waals surface area contributed by atoms with E-state index in [1.165, 1.54) is 29.5 Å². The summed E-state index contributed by atoms with van der Waals surface area (Å²) in [6.45, 7) is 0. The highest BCUT2D eigenvalue weighted by Gasteiger charge is 2.10. The van der Waals surface area contributed by atoms with E-state index in [1.54, 1.807) is 23.7 Å². The molecule has 2 aromatic rings. The first-order chi connectivity index (χ1) is 9.19. The molecule has 0 aliphatic rings. The summed E-state index contributed by atoms with van der Waals surface area (Å²) in [6.07, 6.45) is 2.97. The number of amides is 1. The second-order valence-electron chi connectivity index (χ2n) is 3.56. The van der Waals surface area contributed by atoms with Crippen molar-refractivity contribution in [3.05, 3.63) is 47.0 Å². The molecule has 0 unspecified atom stereocenters. The molecule has 0 atom stereocenters. The lowest BCUT2D eigenvalue weighted by Gasteiger charge is -2.00. The van der Waals surface area contributed by atoms with E-state index in [0.29, 0.717) is 10.7 Å². The van der Waals surface area contributed by atoms with Crippen LogP contribution >= 0.6 is 11.3 Å². The lowest BCUT2D eigenvalue weighted by Crippen LogP contribution is -2.13. The summed E-state index contributed by atoms with van der Waals surface area (Å²) in [4.78, 5) is 15.7. The van der Waals surface area contributed by atoms with Crippen molar-refractivity contribution in [1.82, 2.24) is 4.98 Å². The van der Waals surface area contributed by atoms with Crippen molar-refractivity contribution in [2.24, 2.45) is 0 Å². The SMILES string of the molecule is N#C/C(=C\c1cccc(O)c1)C(=O)Nc1nccs1. The summed E-state index contributed by atoms with van der Waals surface area (Å²) in [5.74, 6) is -0.452. The Morgan fingerprint density at radius 1 is 1.53 bits per heavy atom. The molecular weight excluding hydrogens is 262 g/mol. The average Bonchev–Trinajstić information content (AvgIpc) is 2.88. The van der Waals surface area contributed by atoms with Crippen molar-refractivity contribution >= 4 is 28.5 Å². The quantitative estimate of drug-likeness (QED) is 0.663. The van der Waals surface area contributed by atoms with Gasteiger partial charge >= 0.3 is 0 Å². The number of benzene rings is 1. The average molecular weight is 271 g/mol. The Bertz CT molecular complexity index is 657. The second kappa shape index (κ2) is 5.80. The number of nitrogens with one attached hydrogen (secondary N) is 1. The van der Waals surface area contributed by atoms with Crippen LogP contribution in [0.1, 0.15) is 5.56 Å². The van der Waals surface area contributed by atoms with Crippen LogP contribution in [0, 0.1) is 11.3 Å². The van der Waals surface area contributed by atoms with E-state index < -0.39 is 5.91 Å². The summed E-state index contributed by atoms with van der Waals surface area (Å²) in [5.41, 5.74) is 0.520. The van der Waals surface area contributed by atoms with Gasteiger partial charge in [0.2, 0.25) is 0 Å². The minimum absolute atomic E-state index is 0.0548. The molecule has 1 aromatic heterocycles. The van der Waals surface area contributed by atoms with Crippen LogP contribution in [0.5, 0.6) is 5.75 Å². The molecule has 0 spiro atoms. The first kappa shape index (κ1) is 12.8. The predicted octanol–water partition coefficient (Wildman–Crippen LogP) is 2.39. The number of rotatable bonds is 3. The normalized spacial score (nSPS) is 10.8. The molecule has 0 fully saturated rings. The van der Waals surface area contributed by atoms with E-state index in [4.69, 9.17) is 5.26 Å². The summed E-state index contributed by atoms with van der Waals surface area (Å²) < 4.78 is 0. The number of hydrogen-bond donors (Lipinski definition) is 2. The Labute approximate surface area is 113 Å². The number of carbonyl (C=O) groups is 1. The lowest BCUT2D eigenvalue weighted by molar-refractivity contribution is -0.112. The Kier molecular flexibility index (Phi) is 3.90. The Balaban J connectivity index is 2.20. The third-order valence-corrected chi connectivity index (χ3v) is 2.89. The molecule has 6 heteroatoms. The number of phenols is 1. The number of thiazole rings is 1. The van der Waals surface area contributed by atoms with Crippen molar-refractivity contribution in [1.29, 1.82) is 5.26 Å². The molecular formula is C13H9N3O2S. The highest BCUT2D eigenvalue weighted by atomic mass is 32.1. The number of hydrogen-bond acceptors (Lipinski definition) is 5. The van der Waals surface area contributed by atoms with Gasteiger partial charge in [0.15, 0.2) is 5.13 Å². The molecule has 1 aromatic carbocycles. The Morgan fingerprint density at radius 2 is 2.37 bits per heavy atom. The zero-order chi connectivity index (χ0) is 13.7. The highest BCUT2D eigenvalue weighted by Crippen LogP contribution is 2.16. The van der Waals surface area contributed by atoms with Gasteiger partial charge in [-0.05, 0) is 23.8 Å².